The van der Waals surface area contributed by atoms with Crippen LogP contribution in [0.15, 0.2) is 29.4 Å². The van der Waals surface area contributed by atoms with E-state index in [1.807, 2.05) is 0 Å². The van der Waals surface area contributed by atoms with E-state index in [0.29, 0.717) is 18.2 Å². The third-order valence-electron chi connectivity index (χ3n) is 3.06. The molecule has 1 aromatic carbocycles. The highest BCUT2D eigenvalue weighted by molar-refractivity contribution is 6.04. The topological polar surface area (TPSA) is 50.7 Å². The summed E-state index contributed by atoms with van der Waals surface area (Å²) < 4.78 is 12.8. The number of nitrogens with one attached hydrogen (secondary N) is 1. The van der Waals surface area contributed by atoms with Crippen molar-refractivity contribution in [3.05, 3.63) is 35.6 Å². The molecule has 4 nitrogen and oxygen atoms in total. The Kier molecular flexibility index (Phi) is 2.74. The minimum Gasteiger partial charge on any atom is -0.382 e. The lowest BCUT2D eigenvalue weighted by Crippen LogP contribution is -2.36. The summed E-state index contributed by atoms with van der Waals surface area (Å²) in [5.41, 5.74) is 1.48. The van der Waals surface area contributed by atoms with Gasteiger partial charge in [-0.2, -0.15) is 0 Å². The predicted molar refractivity (Wildman–Crippen MR) is 63.6 cm³/mol. The molecule has 1 heterocycles. The van der Waals surface area contributed by atoms with Gasteiger partial charge in [-0.3, -0.25) is 4.79 Å². The van der Waals surface area contributed by atoms with Crippen LogP contribution < -0.4 is 5.32 Å². The van der Waals surface area contributed by atoms with Crippen molar-refractivity contribution in [1.82, 2.24) is 5.32 Å². The van der Waals surface area contributed by atoms with E-state index >= 15 is 0 Å². The largest absolute Gasteiger partial charge is 0.382 e. The molecule has 5 heteroatoms. The van der Waals surface area contributed by atoms with Gasteiger partial charge in [0.25, 0.3) is 5.91 Å². The summed E-state index contributed by atoms with van der Waals surface area (Å²) in [4.78, 5) is 16.9. The summed E-state index contributed by atoms with van der Waals surface area (Å²) in [6.45, 7) is 0. The average Bonchev–Trinajstić information content (AvgIpc) is 3.04. The Morgan fingerprint density at radius 3 is 2.72 bits per heavy atom. The van der Waals surface area contributed by atoms with Crippen LogP contribution in [0.3, 0.4) is 0 Å². The van der Waals surface area contributed by atoms with Gasteiger partial charge in [0.15, 0.2) is 0 Å². The van der Waals surface area contributed by atoms with Gasteiger partial charge in [0.05, 0.1) is 5.71 Å². The first kappa shape index (κ1) is 11.2. The summed E-state index contributed by atoms with van der Waals surface area (Å²) in [7, 11) is 0. The van der Waals surface area contributed by atoms with E-state index in [9.17, 15) is 9.18 Å². The zero-order chi connectivity index (χ0) is 12.5. The van der Waals surface area contributed by atoms with Crippen LogP contribution in [-0.4, -0.2) is 23.8 Å². The summed E-state index contributed by atoms with van der Waals surface area (Å²) in [6.07, 6.45) is 1.98. The third kappa shape index (κ3) is 2.34. The van der Waals surface area contributed by atoms with Crippen molar-refractivity contribution in [2.75, 3.05) is 0 Å². The van der Waals surface area contributed by atoms with Gasteiger partial charge >= 0.3 is 0 Å². The summed E-state index contributed by atoms with van der Waals surface area (Å²) in [6, 6.07) is 6.33. The van der Waals surface area contributed by atoms with Gasteiger partial charge < -0.3 is 10.2 Å². The molecule has 1 aliphatic heterocycles. The lowest BCUT2D eigenvalue weighted by atomic mass is 10.0. The third-order valence-corrected chi connectivity index (χ3v) is 3.06. The van der Waals surface area contributed by atoms with Crippen molar-refractivity contribution in [2.24, 2.45) is 5.16 Å². The highest BCUT2D eigenvalue weighted by atomic mass is 19.1. The summed E-state index contributed by atoms with van der Waals surface area (Å²) in [5, 5.41) is 6.78. The fourth-order valence-corrected chi connectivity index (χ4v) is 1.85. The number of carbonyl (C=O) groups is 1. The Bertz CT molecular complexity index is 494. The highest BCUT2D eigenvalue weighted by Gasteiger charge is 2.32. The molecule has 1 fully saturated rings. The maximum Gasteiger partial charge on any atom is 0.264 e. The normalized spacial score (nSPS) is 22.3. The molecule has 0 saturated heterocycles. The number of halogens is 1. The molecule has 18 heavy (non-hydrogen) atoms. The molecular formula is C13H13FN2O2. The molecule has 1 saturated carbocycles. The molecule has 1 N–H and O–H groups in total. The number of carbonyl (C=O) groups excluding carboxylic acids is 1. The van der Waals surface area contributed by atoms with E-state index < -0.39 is 6.10 Å². The van der Waals surface area contributed by atoms with Gasteiger partial charge in [-0.05, 0) is 30.5 Å². The lowest BCUT2D eigenvalue weighted by Gasteiger charge is -2.07. The Morgan fingerprint density at radius 2 is 2.06 bits per heavy atom. The molecule has 1 amide bonds. The zero-order valence-corrected chi connectivity index (χ0v) is 9.73. The van der Waals surface area contributed by atoms with Crippen LogP contribution in [0.1, 0.15) is 24.8 Å². The first-order valence-corrected chi connectivity index (χ1v) is 6.01. The van der Waals surface area contributed by atoms with Crippen LogP contribution in [0, 0.1) is 5.82 Å². The van der Waals surface area contributed by atoms with Gasteiger partial charge in [-0.15, -0.1) is 0 Å². The molecule has 3 rings (SSSR count). The second-order valence-electron chi connectivity index (χ2n) is 4.63. The maximum atomic E-state index is 12.8. The average molecular weight is 248 g/mol. The van der Waals surface area contributed by atoms with Crippen molar-refractivity contribution in [3.8, 4) is 0 Å². The Labute approximate surface area is 104 Å². The van der Waals surface area contributed by atoms with Crippen molar-refractivity contribution >= 4 is 11.6 Å². The number of amides is 1. The highest BCUT2D eigenvalue weighted by Crippen LogP contribution is 2.21. The standard InChI is InChI=1S/C13H13FN2O2/c14-9-3-1-8(2-4-9)11-7-12(18-16-11)13(17)15-10-5-6-10/h1-4,10,12H,5-7H2,(H,15,17)/t12-/m1/s1. The van der Waals surface area contributed by atoms with Gasteiger partial charge in [0.2, 0.25) is 6.10 Å². The first-order valence-electron chi connectivity index (χ1n) is 6.01. The number of nitrogens with zero attached hydrogens (tertiary/aromatic N) is 1. The van der Waals surface area contributed by atoms with Gasteiger partial charge in [0.1, 0.15) is 5.82 Å². The molecule has 0 bridgehead atoms. The Hall–Kier alpha value is -1.91. The molecule has 0 radical (unpaired) electrons. The number of hydrogen-bond acceptors (Lipinski definition) is 3. The molecule has 94 valence electrons. The number of hydrogen-bond donors (Lipinski definition) is 1. The van der Waals surface area contributed by atoms with E-state index in [1.54, 1.807) is 12.1 Å². The minimum absolute atomic E-state index is 0.113. The van der Waals surface area contributed by atoms with Crippen LogP contribution in [-0.2, 0) is 9.63 Å². The van der Waals surface area contributed by atoms with Gasteiger partial charge in [-0.25, -0.2) is 4.39 Å². The number of rotatable bonds is 3. The molecule has 1 atom stereocenters. The van der Waals surface area contributed by atoms with Crippen LogP contribution in [0.25, 0.3) is 0 Å². The quantitative estimate of drug-likeness (QED) is 0.883. The molecule has 1 aromatic rings. The Morgan fingerprint density at radius 1 is 1.33 bits per heavy atom. The van der Waals surface area contributed by atoms with E-state index in [2.05, 4.69) is 10.5 Å². The fourth-order valence-electron chi connectivity index (χ4n) is 1.85. The van der Waals surface area contributed by atoms with E-state index in [1.165, 1.54) is 12.1 Å². The minimum atomic E-state index is -0.550. The van der Waals surface area contributed by atoms with Crippen LogP contribution in [0.2, 0.25) is 0 Å². The van der Waals surface area contributed by atoms with Crippen molar-refractivity contribution in [3.63, 3.8) is 0 Å². The summed E-state index contributed by atoms with van der Waals surface area (Å²) in [5.74, 6) is -0.403. The second kappa shape index (κ2) is 4.40. The zero-order valence-electron chi connectivity index (χ0n) is 9.73. The first-order chi connectivity index (χ1) is 8.72. The Balaban J connectivity index is 1.63. The van der Waals surface area contributed by atoms with Crippen LogP contribution >= 0.6 is 0 Å². The fraction of sp³-hybridized carbons (Fsp3) is 0.385. The monoisotopic (exact) mass is 248 g/mol. The van der Waals surface area contributed by atoms with Crippen molar-refractivity contribution in [1.29, 1.82) is 0 Å². The molecule has 0 aromatic heterocycles. The van der Waals surface area contributed by atoms with Gasteiger partial charge in [0, 0.05) is 12.5 Å². The second-order valence-corrected chi connectivity index (χ2v) is 4.63. The SMILES string of the molecule is O=C(NC1CC1)[C@H]1CC(c2ccc(F)cc2)=NO1. The maximum absolute atomic E-state index is 12.8. The van der Waals surface area contributed by atoms with Crippen molar-refractivity contribution in [2.45, 2.75) is 31.4 Å². The van der Waals surface area contributed by atoms with E-state index in [0.717, 1.165) is 18.4 Å². The smallest absolute Gasteiger partial charge is 0.264 e. The van der Waals surface area contributed by atoms with Crippen LogP contribution in [0.4, 0.5) is 4.39 Å². The number of benzene rings is 1. The van der Waals surface area contributed by atoms with E-state index in [4.69, 9.17) is 4.84 Å². The molecule has 2 aliphatic rings. The molecule has 1 aliphatic carbocycles. The van der Waals surface area contributed by atoms with Crippen molar-refractivity contribution < 1.29 is 14.0 Å². The predicted octanol–water partition coefficient (Wildman–Crippen LogP) is 1.60. The molecule has 0 unspecified atom stereocenters. The van der Waals surface area contributed by atoms with Crippen LogP contribution in [0.5, 0.6) is 0 Å². The summed E-state index contributed by atoms with van der Waals surface area (Å²) >= 11 is 0. The molecule has 0 spiro atoms. The van der Waals surface area contributed by atoms with Gasteiger partial charge in [-0.1, -0.05) is 17.3 Å². The lowest BCUT2D eigenvalue weighted by molar-refractivity contribution is -0.131. The van der Waals surface area contributed by atoms with E-state index in [-0.39, 0.29) is 11.7 Å². The number of oxime groups is 1. The molecular weight excluding hydrogens is 235 g/mol.